The van der Waals surface area contributed by atoms with Gasteiger partial charge in [-0.2, -0.15) is 0 Å². The molecule has 88 valence electrons. The Kier molecular flexibility index (Phi) is 3.24. The number of carbonyl (C=O) groups is 1. The van der Waals surface area contributed by atoms with Crippen molar-refractivity contribution >= 4 is 17.7 Å². The normalized spacial score (nSPS) is 10.5. The molecule has 17 heavy (non-hydrogen) atoms. The third kappa shape index (κ3) is 2.22. The van der Waals surface area contributed by atoms with Crippen molar-refractivity contribution in [2.24, 2.45) is 0 Å². The Labute approximate surface area is 104 Å². The summed E-state index contributed by atoms with van der Waals surface area (Å²) in [6.07, 6.45) is 3.81. The first-order valence-electron chi connectivity index (χ1n) is 5.19. The molecule has 1 aromatic heterocycles. The minimum atomic E-state index is -0.887. The fraction of sp³-hybridized carbons (Fsp3) is 0.154. The highest BCUT2D eigenvalue weighted by molar-refractivity contribution is 7.98. The van der Waals surface area contributed by atoms with Gasteiger partial charge < -0.3 is 9.67 Å². The molecule has 1 aromatic carbocycles. The SMILES string of the molecule is CSc1cccc(-n2ccc(C(=O)O)c2C)c1. The van der Waals surface area contributed by atoms with Crippen molar-refractivity contribution in [3.05, 3.63) is 47.8 Å². The summed E-state index contributed by atoms with van der Waals surface area (Å²) in [4.78, 5) is 12.1. The van der Waals surface area contributed by atoms with E-state index in [9.17, 15) is 4.79 Å². The van der Waals surface area contributed by atoms with E-state index in [0.717, 1.165) is 16.3 Å². The summed E-state index contributed by atoms with van der Waals surface area (Å²) in [6, 6.07) is 9.65. The number of hydrogen-bond acceptors (Lipinski definition) is 2. The third-order valence-electron chi connectivity index (χ3n) is 2.70. The van der Waals surface area contributed by atoms with Crippen LogP contribution in [0.3, 0.4) is 0 Å². The van der Waals surface area contributed by atoms with Gasteiger partial charge in [-0.25, -0.2) is 4.79 Å². The number of aromatic nitrogens is 1. The molecule has 1 heterocycles. The van der Waals surface area contributed by atoms with Crippen LogP contribution in [0.5, 0.6) is 0 Å². The Morgan fingerprint density at radius 2 is 2.12 bits per heavy atom. The minimum Gasteiger partial charge on any atom is -0.478 e. The van der Waals surface area contributed by atoms with E-state index >= 15 is 0 Å². The van der Waals surface area contributed by atoms with Gasteiger partial charge >= 0.3 is 5.97 Å². The quantitative estimate of drug-likeness (QED) is 0.847. The second-order valence-electron chi connectivity index (χ2n) is 3.69. The zero-order valence-electron chi connectivity index (χ0n) is 9.68. The summed E-state index contributed by atoms with van der Waals surface area (Å²) in [5.74, 6) is -0.887. The Hall–Kier alpha value is -1.68. The molecule has 0 aliphatic heterocycles. The lowest BCUT2D eigenvalue weighted by Crippen LogP contribution is -2.01. The van der Waals surface area contributed by atoms with Crippen molar-refractivity contribution in [2.75, 3.05) is 6.26 Å². The van der Waals surface area contributed by atoms with Crippen molar-refractivity contribution in [1.82, 2.24) is 4.57 Å². The van der Waals surface area contributed by atoms with E-state index in [-0.39, 0.29) is 0 Å². The zero-order chi connectivity index (χ0) is 12.4. The average Bonchev–Trinajstić information content (AvgIpc) is 2.71. The Morgan fingerprint density at radius 1 is 1.35 bits per heavy atom. The van der Waals surface area contributed by atoms with Gasteiger partial charge in [-0.3, -0.25) is 0 Å². The van der Waals surface area contributed by atoms with Gasteiger partial charge in [0.2, 0.25) is 0 Å². The summed E-state index contributed by atoms with van der Waals surface area (Å²) < 4.78 is 1.89. The summed E-state index contributed by atoms with van der Waals surface area (Å²) in [5, 5.41) is 9.01. The van der Waals surface area contributed by atoms with Crippen LogP contribution in [0.1, 0.15) is 16.1 Å². The van der Waals surface area contributed by atoms with E-state index in [1.807, 2.05) is 42.0 Å². The van der Waals surface area contributed by atoms with Gasteiger partial charge in [0.05, 0.1) is 5.56 Å². The van der Waals surface area contributed by atoms with E-state index in [2.05, 4.69) is 0 Å². The molecule has 0 fully saturated rings. The monoisotopic (exact) mass is 247 g/mol. The van der Waals surface area contributed by atoms with Crippen LogP contribution < -0.4 is 0 Å². The zero-order valence-corrected chi connectivity index (χ0v) is 10.5. The molecule has 0 aliphatic rings. The molecule has 0 bridgehead atoms. The molecule has 0 amide bonds. The molecule has 2 aromatic rings. The number of carboxylic acid groups (broad SMARTS) is 1. The van der Waals surface area contributed by atoms with E-state index in [0.29, 0.717) is 5.56 Å². The molecular weight excluding hydrogens is 234 g/mol. The number of carboxylic acids is 1. The van der Waals surface area contributed by atoms with Gasteiger partial charge in [-0.05, 0) is 37.4 Å². The molecule has 0 saturated carbocycles. The van der Waals surface area contributed by atoms with E-state index in [4.69, 9.17) is 5.11 Å². The predicted octanol–water partition coefficient (Wildman–Crippen LogP) is 3.21. The van der Waals surface area contributed by atoms with E-state index in [1.165, 1.54) is 0 Å². The van der Waals surface area contributed by atoms with Gasteiger partial charge in [0.25, 0.3) is 0 Å². The largest absolute Gasteiger partial charge is 0.478 e. The number of rotatable bonds is 3. The summed E-state index contributed by atoms with van der Waals surface area (Å²) in [7, 11) is 0. The fourth-order valence-electron chi connectivity index (χ4n) is 1.78. The molecular formula is C13H13NO2S. The second-order valence-corrected chi connectivity index (χ2v) is 4.57. The first-order valence-corrected chi connectivity index (χ1v) is 6.41. The van der Waals surface area contributed by atoms with Crippen molar-refractivity contribution in [1.29, 1.82) is 0 Å². The van der Waals surface area contributed by atoms with Crippen LogP contribution in [0.25, 0.3) is 5.69 Å². The average molecular weight is 247 g/mol. The topological polar surface area (TPSA) is 42.2 Å². The van der Waals surface area contributed by atoms with Crippen LogP contribution in [0.15, 0.2) is 41.4 Å². The number of hydrogen-bond donors (Lipinski definition) is 1. The molecule has 4 heteroatoms. The highest BCUT2D eigenvalue weighted by Crippen LogP contribution is 2.21. The standard InChI is InChI=1S/C13H13NO2S/c1-9-12(13(15)16)6-7-14(9)10-4-3-5-11(8-10)17-2/h3-8H,1-2H3,(H,15,16). The van der Waals surface area contributed by atoms with Gasteiger partial charge in [-0.1, -0.05) is 6.07 Å². The number of nitrogens with zero attached hydrogens (tertiary/aromatic N) is 1. The van der Waals surface area contributed by atoms with E-state index in [1.54, 1.807) is 24.0 Å². The highest BCUT2D eigenvalue weighted by atomic mass is 32.2. The molecule has 2 rings (SSSR count). The van der Waals surface area contributed by atoms with Crippen LogP contribution in [0, 0.1) is 6.92 Å². The van der Waals surface area contributed by atoms with E-state index < -0.39 is 5.97 Å². The minimum absolute atomic E-state index is 0.347. The maximum atomic E-state index is 11.0. The smallest absolute Gasteiger partial charge is 0.337 e. The fourth-order valence-corrected chi connectivity index (χ4v) is 2.23. The summed E-state index contributed by atoms with van der Waals surface area (Å²) in [5.41, 5.74) is 2.08. The lowest BCUT2D eigenvalue weighted by atomic mass is 10.2. The maximum absolute atomic E-state index is 11.0. The maximum Gasteiger partial charge on any atom is 0.337 e. The van der Waals surface area contributed by atoms with Crippen molar-refractivity contribution < 1.29 is 9.90 Å². The van der Waals surface area contributed by atoms with Gasteiger partial charge in [0.1, 0.15) is 0 Å². The Balaban J connectivity index is 2.49. The molecule has 0 atom stereocenters. The van der Waals surface area contributed by atoms with Gasteiger partial charge in [0.15, 0.2) is 0 Å². The molecule has 0 aliphatic carbocycles. The molecule has 0 saturated heterocycles. The molecule has 0 unspecified atom stereocenters. The Morgan fingerprint density at radius 3 is 2.71 bits per heavy atom. The van der Waals surface area contributed by atoms with Crippen LogP contribution in [0.4, 0.5) is 0 Å². The van der Waals surface area contributed by atoms with Crippen LogP contribution in [-0.2, 0) is 0 Å². The Bertz CT molecular complexity index is 560. The first kappa shape index (κ1) is 11.8. The summed E-state index contributed by atoms with van der Waals surface area (Å²) in [6.45, 7) is 1.81. The number of thioether (sulfide) groups is 1. The second kappa shape index (κ2) is 4.67. The first-order chi connectivity index (χ1) is 8.13. The predicted molar refractivity (Wildman–Crippen MR) is 69.2 cm³/mol. The highest BCUT2D eigenvalue weighted by Gasteiger charge is 2.11. The number of aromatic carboxylic acids is 1. The number of benzene rings is 1. The van der Waals surface area contributed by atoms with Gasteiger partial charge in [0, 0.05) is 22.5 Å². The van der Waals surface area contributed by atoms with Crippen molar-refractivity contribution in [3.8, 4) is 5.69 Å². The third-order valence-corrected chi connectivity index (χ3v) is 3.43. The van der Waals surface area contributed by atoms with Crippen LogP contribution in [0.2, 0.25) is 0 Å². The van der Waals surface area contributed by atoms with Gasteiger partial charge in [-0.15, -0.1) is 11.8 Å². The van der Waals surface area contributed by atoms with Crippen molar-refractivity contribution in [3.63, 3.8) is 0 Å². The molecule has 1 N–H and O–H groups in total. The van der Waals surface area contributed by atoms with Crippen LogP contribution >= 0.6 is 11.8 Å². The van der Waals surface area contributed by atoms with Crippen molar-refractivity contribution in [2.45, 2.75) is 11.8 Å². The summed E-state index contributed by atoms with van der Waals surface area (Å²) >= 11 is 1.67. The molecule has 0 radical (unpaired) electrons. The lowest BCUT2D eigenvalue weighted by molar-refractivity contribution is 0.0696. The van der Waals surface area contributed by atoms with Crippen LogP contribution in [-0.4, -0.2) is 21.9 Å². The lowest BCUT2D eigenvalue weighted by Gasteiger charge is -2.08. The molecule has 3 nitrogen and oxygen atoms in total. The molecule has 0 spiro atoms.